The number of carbonyl (C=O) groups excluding carboxylic acids is 1. The lowest BCUT2D eigenvalue weighted by molar-refractivity contribution is 0.0946. The molecule has 2 aromatic heterocycles. The Balaban J connectivity index is 1.92. The fraction of sp³-hybridized carbons (Fsp3) is 0.267. The second kappa shape index (κ2) is 6.65. The third-order valence-electron chi connectivity index (χ3n) is 2.80. The van der Waals surface area contributed by atoms with Gasteiger partial charge in [0.2, 0.25) is 0 Å². The van der Waals surface area contributed by atoms with Gasteiger partial charge in [-0.15, -0.1) is 0 Å². The van der Waals surface area contributed by atoms with Crippen molar-refractivity contribution in [3.8, 4) is 0 Å². The van der Waals surface area contributed by atoms with Crippen molar-refractivity contribution in [3.05, 3.63) is 53.6 Å². The molecule has 0 atom stereocenters. The lowest BCUT2D eigenvalue weighted by atomic mass is 10.2. The summed E-state index contributed by atoms with van der Waals surface area (Å²) in [5, 5.41) is 5.96. The molecular formula is C15H18N4O. The maximum absolute atomic E-state index is 11.9. The Morgan fingerprint density at radius 1 is 1.15 bits per heavy atom. The van der Waals surface area contributed by atoms with Crippen molar-refractivity contribution < 1.29 is 4.79 Å². The first kappa shape index (κ1) is 14.0. The van der Waals surface area contributed by atoms with E-state index in [-0.39, 0.29) is 5.91 Å². The molecule has 0 spiro atoms. The molecule has 5 nitrogen and oxygen atoms in total. The van der Waals surface area contributed by atoms with Crippen LogP contribution in [0.1, 0.15) is 28.7 Å². The first-order chi connectivity index (χ1) is 9.69. The number of amides is 1. The lowest BCUT2D eigenvalue weighted by Gasteiger charge is -2.06. The van der Waals surface area contributed by atoms with Gasteiger partial charge in [0.25, 0.3) is 5.91 Å². The summed E-state index contributed by atoms with van der Waals surface area (Å²) < 4.78 is 0. The van der Waals surface area contributed by atoms with Gasteiger partial charge < -0.3 is 10.6 Å². The van der Waals surface area contributed by atoms with Gasteiger partial charge in [-0.05, 0) is 37.6 Å². The molecule has 2 N–H and O–H groups in total. The topological polar surface area (TPSA) is 66.9 Å². The van der Waals surface area contributed by atoms with Crippen LogP contribution >= 0.6 is 0 Å². The third kappa shape index (κ3) is 3.78. The molecule has 104 valence electrons. The highest BCUT2D eigenvalue weighted by atomic mass is 16.1. The highest BCUT2D eigenvalue weighted by molar-refractivity contribution is 5.92. The van der Waals surface area contributed by atoms with Crippen molar-refractivity contribution in [1.82, 2.24) is 15.3 Å². The molecule has 0 unspecified atom stereocenters. The van der Waals surface area contributed by atoms with E-state index in [1.54, 1.807) is 18.5 Å². The second-order valence-corrected chi connectivity index (χ2v) is 4.45. The number of aryl methyl sites for hydroxylation is 1. The van der Waals surface area contributed by atoms with Crippen LogP contribution in [0, 0.1) is 6.92 Å². The van der Waals surface area contributed by atoms with Gasteiger partial charge in [-0.3, -0.25) is 9.78 Å². The fourth-order valence-corrected chi connectivity index (χ4v) is 1.71. The summed E-state index contributed by atoms with van der Waals surface area (Å²) >= 11 is 0. The minimum Gasteiger partial charge on any atom is -0.384 e. The molecule has 0 aromatic carbocycles. The number of hydrogen-bond acceptors (Lipinski definition) is 4. The average Bonchev–Trinajstić information content (AvgIpc) is 2.47. The zero-order chi connectivity index (χ0) is 14.4. The molecule has 0 radical (unpaired) electrons. The Hall–Kier alpha value is -2.43. The minimum absolute atomic E-state index is 0.186. The Bertz CT molecular complexity index is 563. The number of aromatic nitrogens is 2. The summed E-state index contributed by atoms with van der Waals surface area (Å²) in [6, 6.07) is 7.43. The highest BCUT2D eigenvalue weighted by Crippen LogP contribution is 2.06. The fourth-order valence-electron chi connectivity index (χ4n) is 1.71. The molecule has 0 fully saturated rings. The number of carbonyl (C=O) groups is 1. The summed E-state index contributed by atoms with van der Waals surface area (Å²) in [7, 11) is 0. The molecule has 1 amide bonds. The summed E-state index contributed by atoms with van der Waals surface area (Å²) in [6.07, 6.45) is 3.42. The molecule has 2 rings (SSSR count). The van der Waals surface area contributed by atoms with Gasteiger partial charge >= 0.3 is 0 Å². The number of anilines is 1. The van der Waals surface area contributed by atoms with E-state index in [9.17, 15) is 4.79 Å². The van der Waals surface area contributed by atoms with Gasteiger partial charge in [-0.2, -0.15) is 0 Å². The molecule has 0 aliphatic rings. The lowest BCUT2D eigenvalue weighted by Crippen LogP contribution is -2.23. The Kier molecular flexibility index (Phi) is 4.65. The van der Waals surface area contributed by atoms with E-state index in [0.29, 0.717) is 12.2 Å². The van der Waals surface area contributed by atoms with Gasteiger partial charge in [0.1, 0.15) is 5.69 Å². The molecule has 0 saturated carbocycles. The molecule has 0 aliphatic carbocycles. The zero-order valence-corrected chi connectivity index (χ0v) is 11.7. The van der Waals surface area contributed by atoms with Crippen molar-refractivity contribution in [2.45, 2.75) is 20.4 Å². The number of nitrogens with zero attached hydrogens (tertiary/aromatic N) is 2. The van der Waals surface area contributed by atoms with E-state index in [1.807, 2.05) is 32.0 Å². The molecule has 2 heterocycles. The largest absolute Gasteiger partial charge is 0.384 e. The number of pyridine rings is 2. The number of hydrogen-bond donors (Lipinski definition) is 2. The Labute approximate surface area is 118 Å². The van der Waals surface area contributed by atoms with E-state index in [2.05, 4.69) is 20.6 Å². The first-order valence-corrected chi connectivity index (χ1v) is 6.58. The molecule has 0 bridgehead atoms. The normalized spacial score (nSPS) is 10.1. The van der Waals surface area contributed by atoms with Gasteiger partial charge in [-0.1, -0.05) is 6.07 Å². The van der Waals surface area contributed by atoms with Crippen molar-refractivity contribution in [3.63, 3.8) is 0 Å². The smallest absolute Gasteiger partial charge is 0.270 e. The van der Waals surface area contributed by atoms with E-state index in [4.69, 9.17) is 0 Å². The third-order valence-corrected chi connectivity index (χ3v) is 2.80. The summed E-state index contributed by atoms with van der Waals surface area (Å²) in [4.78, 5) is 20.3. The van der Waals surface area contributed by atoms with E-state index < -0.39 is 0 Å². The summed E-state index contributed by atoms with van der Waals surface area (Å²) in [5.74, 6) is -0.186. The van der Waals surface area contributed by atoms with E-state index in [1.165, 1.54) is 0 Å². The van der Waals surface area contributed by atoms with Crippen LogP contribution in [0.4, 0.5) is 5.69 Å². The summed E-state index contributed by atoms with van der Waals surface area (Å²) in [6.45, 7) is 5.21. The minimum atomic E-state index is -0.186. The van der Waals surface area contributed by atoms with Crippen LogP contribution in [0.2, 0.25) is 0 Å². The predicted octanol–water partition coefficient (Wildman–Crippen LogP) is 2.15. The molecule has 20 heavy (non-hydrogen) atoms. The molecule has 5 heteroatoms. The molecule has 0 saturated heterocycles. The molecule has 2 aromatic rings. The maximum atomic E-state index is 11.9. The van der Waals surface area contributed by atoms with Crippen LogP contribution in [0.3, 0.4) is 0 Å². The summed E-state index contributed by atoms with van der Waals surface area (Å²) in [5.41, 5.74) is 3.24. The van der Waals surface area contributed by atoms with Crippen LogP contribution < -0.4 is 10.6 Å². The van der Waals surface area contributed by atoms with Gasteiger partial charge in [0.05, 0.1) is 11.9 Å². The predicted molar refractivity (Wildman–Crippen MR) is 78.5 cm³/mol. The Morgan fingerprint density at radius 2 is 2.00 bits per heavy atom. The maximum Gasteiger partial charge on any atom is 0.270 e. The van der Waals surface area contributed by atoms with Crippen LogP contribution in [0.15, 0.2) is 36.7 Å². The van der Waals surface area contributed by atoms with Crippen LogP contribution in [-0.4, -0.2) is 22.4 Å². The molecule has 0 aliphatic heterocycles. The standard InChI is InChI=1S/C15H18N4O/c1-3-16-13-6-7-14(18-10-13)15(20)19-9-12-5-4-11(2)17-8-12/h4-8,10,16H,3,9H2,1-2H3,(H,19,20). The Morgan fingerprint density at radius 3 is 2.60 bits per heavy atom. The van der Waals surface area contributed by atoms with E-state index in [0.717, 1.165) is 23.5 Å². The van der Waals surface area contributed by atoms with Crippen molar-refractivity contribution >= 4 is 11.6 Å². The van der Waals surface area contributed by atoms with Gasteiger partial charge in [-0.25, -0.2) is 4.98 Å². The van der Waals surface area contributed by atoms with Crippen molar-refractivity contribution in [1.29, 1.82) is 0 Å². The number of nitrogens with one attached hydrogen (secondary N) is 2. The zero-order valence-electron chi connectivity index (χ0n) is 11.7. The molecular weight excluding hydrogens is 252 g/mol. The highest BCUT2D eigenvalue weighted by Gasteiger charge is 2.06. The number of rotatable bonds is 5. The van der Waals surface area contributed by atoms with Gasteiger partial charge in [0.15, 0.2) is 0 Å². The first-order valence-electron chi connectivity index (χ1n) is 6.58. The average molecular weight is 270 g/mol. The van der Waals surface area contributed by atoms with Crippen LogP contribution in [0.25, 0.3) is 0 Å². The van der Waals surface area contributed by atoms with E-state index >= 15 is 0 Å². The quantitative estimate of drug-likeness (QED) is 0.873. The van der Waals surface area contributed by atoms with Gasteiger partial charge in [0, 0.05) is 25.0 Å². The van der Waals surface area contributed by atoms with Crippen molar-refractivity contribution in [2.24, 2.45) is 0 Å². The monoisotopic (exact) mass is 270 g/mol. The van der Waals surface area contributed by atoms with Crippen molar-refractivity contribution in [2.75, 3.05) is 11.9 Å². The van der Waals surface area contributed by atoms with Crippen LogP contribution in [0.5, 0.6) is 0 Å². The van der Waals surface area contributed by atoms with Crippen LogP contribution in [-0.2, 0) is 6.54 Å². The second-order valence-electron chi connectivity index (χ2n) is 4.45. The SMILES string of the molecule is CCNc1ccc(C(=O)NCc2ccc(C)nc2)nc1.